The highest BCUT2D eigenvalue weighted by molar-refractivity contribution is 6.01. The van der Waals surface area contributed by atoms with Gasteiger partial charge in [0, 0.05) is 31.3 Å². The molecule has 3 aromatic rings. The Bertz CT molecular complexity index is 1310. The lowest BCUT2D eigenvalue weighted by molar-refractivity contribution is -0.141. The topological polar surface area (TPSA) is 150 Å². The Kier molecular flexibility index (Phi) is 15.9. The van der Waals surface area contributed by atoms with Gasteiger partial charge < -0.3 is 40.3 Å². The quantitative estimate of drug-likeness (QED) is 0.0896. The van der Waals surface area contributed by atoms with Crippen molar-refractivity contribution in [1.29, 1.82) is 0 Å². The number of aliphatic hydroxyl groups is 2. The molecule has 0 aliphatic heterocycles. The maximum atomic E-state index is 12.8. The zero-order valence-electron chi connectivity index (χ0n) is 25.8. The molecule has 0 saturated carbocycles. The molecule has 0 fully saturated rings. The average molecular weight is 624 g/mol. The summed E-state index contributed by atoms with van der Waals surface area (Å²) in [5.74, 6) is -0.593. The fourth-order valence-electron chi connectivity index (χ4n) is 4.50. The molecule has 0 heterocycles. The molecular formula is C34H45N3O8. The van der Waals surface area contributed by atoms with E-state index in [1.54, 1.807) is 54.6 Å². The molecule has 0 bridgehead atoms. The number of aromatic hydroxyl groups is 1. The fourth-order valence-corrected chi connectivity index (χ4v) is 4.50. The largest absolute Gasteiger partial charge is 0.508 e. The van der Waals surface area contributed by atoms with E-state index >= 15 is 0 Å². The zero-order valence-corrected chi connectivity index (χ0v) is 25.8. The number of hydrogen-bond acceptors (Lipinski definition) is 9. The molecule has 5 N–H and O–H groups in total. The number of para-hydroxylation sites is 1. The summed E-state index contributed by atoms with van der Waals surface area (Å²) in [6.07, 6.45) is 4.55. The summed E-state index contributed by atoms with van der Waals surface area (Å²) in [4.78, 5) is 29.6. The van der Waals surface area contributed by atoms with Crippen molar-refractivity contribution in [3.63, 3.8) is 0 Å². The number of amides is 2. The Morgan fingerprint density at radius 2 is 1.62 bits per heavy atom. The third-order valence-corrected chi connectivity index (χ3v) is 6.85. The highest BCUT2D eigenvalue weighted by Gasteiger charge is 2.20. The number of aliphatic hydroxyl groups excluding tert-OH is 2. The maximum absolute atomic E-state index is 12.8. The smallest absolute Gasteiger partial charge is 0.359 e. The molecule has 0 unspecified atom stereocenters. The first-order chi connectivity index (χ1) is 21.9. The summed E-state index contributed by atoms with van der Waals surface area (Å²) in [6, 6.07) is 20.1. The van der Waals surface area contributed by atoms with Gasteiger partial charge in [-0.15, -0.1) is 5.06 Å². The van der Waals surface area contributed by atoms with E-state index in [4.69, 9.17) is 14.3 Å². The first-order valence-electron chi connectivity index (χ1n) is 15.3. The van der Waals surface area contributed by atoms with Crippen LogP contribution in [0.25, 0.3) is 0 Å². The number of phenols is 1. The van der Waals surface area contributed by atoms with Crippen LogP contribution in [-0.2, 0) is 32.3 Å². The van der Waals surface area contributed by atoms with Crippen molar-refractivity contribution < 1.29 is 39.2 Å². The predicted molar refractivity (Wildman–Crippen MR) is 172 cm³/mol. The normalized spacial score (nSPS) is 11.6. The number of hydroxylamine groups is 1. The molecule has 0 radical (unpaired) electrons. The number of hydrogen-bond donors (Lipinski definition) is 5. The number of rotatable bonds is 19. The average Bonchev–Trinajstić information content (AvgIpc) is 3.04. The molecule has 3 rings (SSSR count). The maximum Gasteiger partial charge on any atom is 0.359 e. The highest BCUT2D eigenvalue weighted by Crippen LogP contribution is 2.22. The van der Waals surface area contributed by atoms with Crippen molar-refractivity contribution in [3.8, 4) is 5.75 Å². The van der Waals surface area contributed by atoms with Crippen LogP contribution in [0.15, 0.2) is 72.8 Å². The van der Waals surface area contributed by atoms with Gasteiger partial charge in [0.15, 0.2) is 0 Å². The molecule has 0 saturated heterocycles. The van der Waals surface area contributed by atoms with Crippen molar-refractivity contribution in [2.24, 2.45) is 0 Å². The van der Waals surface area contributed by atoms with Crippen LogP contribution in [0.4, 0.5) is 16.2 Å². The lowest BCUT2D eigenvalue weighted by Gasteiger charge is -2.21. The Hall–Kier alpha value is -4.00. The number of carbonyl (C=O) groups is 2. The Morgan fingerprint density at radius 1 is 0.867 bits per heavy atom. The van der Waals surface area contributed by atoms with Crippen LogP contribution in [0.5, 0.6) is 5.75 Å². The SMILES string of the molecule is CC(=O)ON(C(=O)Nc1ccccc1)c1cccc(COCCOCCCCCCCNC[C@@H](O)c2ccc(O)c(CO)c2)c1. The molecule has 11 nitrogen and oxygen atoms in total. The number of urea groups is 1. The molecule has 0 aromatic heterocycles. The van der Waals surface area contributed by atoms with Gasteiger partial charge in [-0.3, -0.25) is 0 Å². The van der Waals surface area contributed by atoms with Crippen LogP contribution < -0.4 is 15.7 Å². The highest BCUT2D eigenvalue weighted by atomic mass is 16.7. The Labute approximate surface area is 264 Å². The lowest BCUT2D eigenvalue weighted by Crippen LogP contribution is -2.36. The van der Waals surface area contributed by atoms with Crippen molar-refractivity contribution >= 4 is 23.4 Å². The zero-order chi connectivity index (χ0) is 32.3. The van der Waals surface area contributed by atoms with Crippen LogP contribution >= 0.6 is 0 Å². The van der Waals surface area contributed by atoms with Crippen LogP contribution in [0.1, 0.15) is 61.8 Å². The standard InChI is InChI=1S/C34H45N3O8/c1-26(39)45-37(34(42)36-30-12-6-5-7-13-30)31-14-10-11-27(21-31)25-44-20-19-43-18-9-4-2-3-8-17-35-23-33(41)28-15-16-32(40)29(22-28)24-38/h5-7,10-16,21-22,33,35,38,40-41H,2-4,8-9,17-20,23-25H2,1H3,(H,36,42)/t33-/m1/s1. The van der Waals surface area contributed by atoms with Gasteiger partial charge in [0.2, 0.25) is 0 Å². The second-order valence-corrected chi connectivity index (χ2v) is 10.5. The van der Waals surface area contributed by atoms with Crippen LogP contribution in [0, 0.1) is 0 Å². The van der Waals surface area contributed by atoms with E-state index in [-0.39, 0.29) is 12.4 Å². The molecular weight excluding hydrogens is 578 g/mol. The van der Waals surface area contributed by atoms with Gasteiger partial charge in [-0.25, -0.2) is 9.59 Å². The van der Waals surface area contributed by atoms with Gasteiger partial charge >= 0.3 is 12.0 Å². The van der Waals surface area contributed by atoms with E-state index in [0.29, 0.717) is 55.5 Å². The molecule has 45 heavy (non-hydrogen) atoms. The molecule has 3 aromatic carbocycles. The van der Waals surface area contributed by atoms with Gasteiger partial charge in [-0.2, -0.15) is 0 Å². The van der Waals surface area contributed by atoms with E-state index in [2.05, 4.69) is 10.6 Å². The molecule has 11 heteroatoms. The second kappa shape index (κ2) is 20.1. The van der Waals surface area contributed by atoms with Gasteiger partial charge in [0.25, 0.3) is 0 Å². The predicted octanol–water partition coefficient (Wildman–Crippen LogP) is 5.21. The molecule has 244 valence electrons. The van der Waals surface area contributed by atoms with E-state index in [1.165, 1.54) is 13.0 Å². The minimum atomic E-state index is -0.696. The van der Waals surface area contributed by atoms with Crippen LogP contribution in [0.2, 0.25) is 0 Å². The van der Waals surface area contributed by atoms with E-state index < -0.39 is 18.1 Å². The van der Waals surface area contributed by atoms with Crippen molar-refractivity contribution in [2.45, 2.75) is 58.3 Å². The molecule has 1 atom stereocenters. The first kappa shape index (κ1) is 35.5. The lowest BCUT2D eigenvalue weighted by atomic mass is 10.1. The summed E-state index contributed by atoms with van der Waals surface area (Å²) < 4.78 is 11.4. The number of nitrogens with one attached hydrogen (secondary N) is 2. The number of nitrogens with zero attached hydrogens (tertiary/aromatic N) is 1. The number of unbranched alkanes of at least 4 members (excludes halogenated alkanes) is 4. The van der Waals surface area contributed by atoms with Crippen molar-refractivity contribution in [1.82, 2.24) is 5.32 Å². The second-order valence-electron chi connectivity index (χ2n) is 10.5. The number of anilines is 2. The number of ether oxygens (including phenoxy) is 2. The number of benzene rings is 3. The minimum Gasteiger partial charge on any atom is -0.508 e. The molecule has 0 spiro atoms. The summed E-state index contributed by atoms with van der Waals surface area (Å²) in [5.41, 5.74) is 2.86. The number of carbonyl (C=O) groups excluding carboxylic acids is 2. The summed E-state index contributed by atoms with van der Waals surface area (Å²) >= 11 is 0. The van der Waals surface area contributed by atoms with Gasteiger partial charge in [0.1, 0.15) is 5.75 Å². The fraction of sp³-hybridized carbons (Fsp3) is 0.412. The van der Waals surface area contributed by atoms with Gasteiger partial charge in [-0.1, -0.05) is 55.7 Å². The molecule has 2 amide bonds. The molecule has 0 aliphatic rings. The Morgan fingerprint density at radius 3 is 2.40 bits per heavy atom. The van der Waals surface area contributed by atoms with E-state index in [9.17, 15) is 24.9 Å². The third-order valence-electron chi connectivity index (χ3n) is 6.85. The van der Waals surface area contributed by atoms with E-state index in [1.807, 2.05) is 12.1 Å². The van der Waals surface area contributed by atoms with Crippen LogP contribution in [0.3, 0.4) is 0 Å². The van der Waals surface area contributed by atoms with Crippen molar-refractivity contribution in [3.05, 3.63) is 89.5 Å². The Balaban J connectivity index is 1.22. The van der Waals surface area contributed by atoms with Gasteiger partial charge in [0.05, 0.1) is 38.2 Å². The molecule has 0 aliphatic carbocycles. The van der Waals surface area contributed by atoms with E-state index in [0.717, 1.165) is 49.3 Å². The summed E-state index contributed by atoms with van der Waals surface area (Å²) in [6.45, 7) is 4.07. The monoisotopic (exact) mass is 623 g/mol. The van der Waals surface area contributed by atoms with Crippen molar-refractivity contribution in [2.75, 3.05) is 43.3 Å². The first-order valence-corrected chi connectivity index (χ1v) is 15.3. The third kappa shape index (κ3) is 13.3. The van der Waals surface area contributed by atoms with Gasteiger partial charge in [-0.05, 0) is 66.9 Å². The minimum absolute atomic E-state index is 0.0257. The summed E-state index contributed by atoms with van der Waals surface area (Å²) in [7, 11) is 0. The van der Waals surface area contributed by atoms with Crippen LogP contribution in [-0.4, -0.2) is 60.2 Å². The summed E-state index contributed by atoms with van der Waals surface area (Å²) in [5, 5.41) is 36.1.